The Bertz CT molecular complexity index is 803. The summed E-state index contributed by atoms with van der Waals surface area (Å²) in [6.07, 6.45) is 1.79. The molecule has 0 unspecified atom stereocenters. The van der Waals surface area contributed by atoms with Crippen molar-refractivity contribution in [3.05, 3.63) is 46.7 Å². The lowest BCUT2D eigenvalue weighted by Crippen LogP contribution is -2.02. The molecule has 1 aromatic carbocycles. The fourth-order valence-electron chi connectivity index (χ4n) is 2.12. The van der Waals surface area contributed by atoms with Crippen LogP contribution in [0.25, 0.3) is 10.9 Å². The molecule has 2 N–H and O–H groups in total. The summed E-state index contributed by atoms with van der Waals surface area (Å²) in [6.45, 7) is 1.94. The molecule has 0 saturated heterocycles. The number of hydrogen-bond donors (Lipinski definition) is 2. The van der Waals surface area contributed by atoms with Gasteiger partial charge in [0.1, 0.15) is 5.82 Å². The van der Waals surface area contributed by atoms with Crippen LogP contribution in [0.5, 0.6) is 0 Å². The number of halogens is 1. The van der Waals surface area contributed by atoms with E-state index in [1.165, 1.54) is 0 Å². The summed E-state index contributed by atoms with van der Waals surface area (Å²) in [7, 11) is 1.80. The Morgan fingerprint density at radius 2 is 2.00 bits per heavy atom. The standard InChI is InChI=1S/C15H14BrN5/c1-9-6-13(21-15(17-2)19-9)20-12-5-3-4-10-7-11(16)8-18-14(10)12/h3-8H,1-2H3,(H2,17,19,20,21). The van der Waals surface area contributed by atoms with Gasteiger partial charge in [0, 0.05) is 34.9 Å². The fourth-order valence-corrected chi connectivity index (χ4v) is 2.47. The topological polar surface area (TPSA) is 62.7 Å². The second-order valence-corrected chi connectivity index (χ2v) is 5.54. The van der Waals surface area contributed by atoms with Gasteiger partial charge in [-0.2, -0.15) is 4.98 Å². The third-order valence-corrected chi connectivity index (χ3v) is 3.45. The minimum absolute atomic E-state index is 0.591. The molecule has 0 amide bonds. The second kappa shape index (κ2) is 5.65. The monoisotopic (exact) mass is 343 g/mol. The molecular weight excluding hydrogens is 330 g/mol. The van der Waals surface area contributed by atoms with Gasteiger partial charge in [0.05, 0.1) is 11.2 Å². The molecule has 5 nitrogen and oxygen atoms in total. The number of fused-ring (bicyclic) bond motifs is 1. The highest BCUT2D eigenvalue weighted by Crippen LogP contribution is 2.26. The molecule has 0 aliphatic rings. The highest BCUT2D eigenvalue weighted by molar-refractivity contribution is 9.10. The molecule has 0 spiro atoms. The van der Waals surface area contributed by atoms with Crippen molar-refractivity contribution in [1.29, 1.82) is 0 Å². The number of nitrogens with one attached hydrogen (secondary N) is 2. The Balaban J connectivity index is 2.04. The minimum atomic E-state index is 0.591. The number of para-hydroxylation sites is 1. The van der Waals surface area contributed by atoms with Gasteiger partial charge in [-0.3, -0.25) is 4.98 Å². The first-order chi connectivity index (χ1) is 10.2. The molecule has 0 saturated carbocycles. The van der Waals surface area contributed by atoms with Crippen LogP contribution >= 0.6 is 15.9 Å². The first kappa shape index (κ1) is 13.8. The molecule has 0 bridgehead atoms. The predicted octanol–water partition coefficient (Wildman–Crippen LogP) is 3.88. The van der Waals surface area contributed by atoms with E-state index in [1.807, 2.05) is 37.3 Å². The van der Waals surface area contributed by atoms with E-state index in [4.69, 9.17) is 0 Å². The maximum absolute atomic E-state index is 4.47. The number of benzene rings is 1. The molecule has 0 atom stereocenters. The Morgan fingerprint density at radius 1 is 1.14 bits per heavy atom. The number of rotatable bonds is 3. The van der Waals surface area contributed by atoms with E-state index in [0.29, 0.717) is 5.95 Å². The zero-order chi connectivity index (χ0) is 14.8. The summed E-state index contributed by atoms with van der Waals surface area (Å²) >= 11 is 3.44. The van der Waals surface area contributed by atoms with Crippen molar-refractivity contribution in [3.8, 4) is 0 Å². The quantitative estimate of drug-likeness (QED) is 0.755. The van der Waals surface area contributed by atoms with Gasteiger partial charge in [-0.15, -0.1) is 0 Å². The molecule has 2 heterocycles. The van der Waals surface area contributed by atoms with Crippen molar-refractivity contribution in [2.45, 2.75) is 6.92 Å². The summed E-state index contributed by atoms with van der Waals surface area (Å²) in [5.74, 6) is 1.33. The average molecular weight is 344 g/mol. The summed E-state index contributed by atoms with van der Waals surface area (Å²) in [6, 6.07) is 9.95. The van der Waals surface area contributed by atoms with Crippen LogP contribution in [0.15, 0.2) is 41.0 Å². The summed E-state index contributed by atoms with van der Waals surface area (Å²) in [4.78, 5) is 13.2. The van der Waals surface area contributed by atoms with Crippen LogP contribution in [-0.4, -0.2) is 22.0 Å². The van der Waals surface area contributed by atoms with Gasteiger partial charge in [-0.25, -0.2) is 4.98 Å². The number of nitrogens with zero attached hydrogens (tertiary/aromatic N) is 3. The molecule has 21 heavy (non-hydrogen) atoms. The van der Waals surface area contributed by atoms with Crippen LogP contribution in [0, 0.1) is 6.92 Å². The first-order valence-corrected chi connectivity index (χ1v) is 7.30. The molecule has 0 aliphatic carbocycles. The lowest BCUT2D eigenvalue weighted by molar-refractivity contribution is 1.10. The maximum atomic E-state index is 4.47. The molecule has 3 rings (SSSR count). The Morgan fingerprint density at radius 3 is 2.81 bits per heavy atom. The van der Waals surface area contributed by atoms with Crippen LogP contribution in [-0.2, 0) is 0 Å². The van der Waals surface area contributed by atoms with Gasteiger partial charge in [-0.1, -0.05) is 12.1 Å². The third kappa shape index (κ3) is 2.95. The van der Waals surface area contributed by atoms with Crippen molar-refractivity contribution in [1.82, 2.24) is 15.0 Å². The Hall–Kier alpha value is -2.21. The smallest absolute Gasteiger partial charge is 0.224 e. The molecule has 2 aromatic heterocycles. The number of pyridine rings is 1. The van der Waals surface area contributed by atoms with Gasteiger partial charge in [0.25, 0.3) is 0 Å². The van der Waals surface area contributed by atoms with Crippen molar-refractivity contribution in [2.75, 3.05) is 17.7 Å². The van der Waals surface area contributed by atoms with Gasteiger partial charge in [0.15, 0.2) is 0 Å². The van der Waals surface area contributed by atoms with Gasteiger partial charge >= 0.3 is 0 Å². The fraction of sp³-hybridized carbons (Fsp3) is 0.133. The van der Waals surface area contributed by atoms with E-state index in [1.54, 1.807) is 13.2 Å². The van der Waals surface area contributed by atoms with Crippen LogP contribution in [0.3, 0.4) is 0 Å². The van der Waals surface area contributed by atoms with E-state index in [9.17, 15) is 0 Å². The van der Waals surface area contributed by atoms with Crippen LogP contribution in [0.1, 0.15) is 5.69 Å². The molecule has 0 radical (unpaired) electrons. The molecule has 6 heteroatoms. The maximum Gasteiger partial charge on any atom is 0.224 e. The van der Waals surface area contributed by atoms with Gasteiger partial charge in [-0.05, 0) is 35.0 Å². The zero-order valence-corrected chi connectivity index (χ0v) is 13.3. The van der Waals surface area contributed by atoms with Crippen molar-refractivity contribution in [2.24, 2.45) is 0 Å². The minimum Gasteiger partial charge on any atom is -0.357 e. The first-order valence-electron chi connectivity index (χ1n) is 6.50. The number of aromatic nitrogens is 3. The number of aryl methyl sites for hydroxylation is 1. The van der Waals surface area contributed by atoms with E-state index in [2.05, 4.69) is 41.5 Å². The number of hydrogen-bond acceptors (Lipinski definition) is 5. The van der Waals surface area contributed by atoms with Crippen LogP contribution in [0.2, 0.25) is 0 Å². The Kier molecular flexibility index (Phi) is 3.70. The van der Waals surface area contributed by atoms with Gasteiger partial charge in [0.2, 0.25) is 5.95 Å². The highest BCUT2D eigenvalue weighted by Gasteiger charge is 2.06. The van der Waals surface area contributed by atoms with Crippen LogP contribution < -0.4 is 10.6 Å². The normalized spacial score (nSPS) is 10.6. The lowest BCUT2D eigenvalue weighted by atomic mass is 10.2. The lowest BCUT2D eigenvalue weighted by Gasteiger charge is -2.10. The summed E-state index contributed by atoms with van der Waals surface area (Å²) in [5.41, 5.74) is 2.72. The molecular formula is C15H14BrN5. The van der Waals surface area contributed by atoms with Crippen LogP contribution in [0.4, 0.5) is 17.5 Å². The number of anilines is 3. The highest BCUT2D eigenvalue weighted by atomic mass is 79.9. The average Bonchev–Trinajstić information content (AvgIpc) is 2.46. The van der Waals surface area contributed by atoms with E-state index < -0.39 is 0 Å². The van der Waals surface area contributed by atoms with Crippen molar-refractivity contribution < 1.29 is 0 Å². The zero-order valence-electron chi connectivity index (χ0n) is 11.7. The SMILES string of the molecule is CNc1nc(C)cc(Nc2cccc3cc(Br)cnc23)n1. The van der Waals surface area contributed by atoms with Crippen molar-refractivity contribution >= 4 is 44.3 Å². The second-order valence-electron chi connectivity index (χ2n) is 4.62. The van der Waals surface area contributed by atoms with E-state index >= 15 is 0 Å². The van der Waals surface area contributed by atoms with Crippen molar-refractivity contribution in [3.63, 3.8) is 0 Å². The molecule has 0 aliphatic heterocycles. The third-order valence-electron chi connectivity index (χ3n) is 3.02. The summed E-state index contributed by atoms with van der Waals surface area (Å²) < 4.78 is 0.961. The molecule has 106 valence electrons. The molecule has 3 aromatic rings. The Labute approximate surface area is 131 Å². The van der Waals surface area contributed by atoms with Gasteiger partial charge < -0.3 is 10.6 Å². The predicted molar refractivity (Wildman–Crippen MR) is 89.0 cm³/mol. The molecule has 0 fully saturated rings. The van der Waals surface area contributed by atoms with E-state index in [0.717, 1.165) is 32.6 Å². The summed E-state index contributed by atoms with van der Waals surface area (Å²) in [5, 5.41) is 7.33. The largest absolute Gasteiger partial charge is 0.357 e. The van der Waals surface area contributed by atoms with E-state index in [-0.39, 0.29) is 0 Å².